The Morgan fingerprint density at radius 1 is 1.17 bits per heavy atom. The predicted octanol–water partition coefficient (Wildman–Crippen LogP) is 3.63. The Morgan fingerprint density at radius 3 is 2.58 bits per heavy atom. The van der Waals surface area contributed by atoms with Crippen LogP contribution in [0.15, 0.2) is 46.1 Å². The molecule has 1 N–H and O–H groups in total. The van der Waals surface area contributed by atoms with E-state index in [-0.39, 0.29) is 16.1 Å². The first-order chi connectivity index (χ1) is 11.2. The van der Waals surface area contributed by atoms with Gasteiger partial charge in [0.05, 0.1) is 4.90 Å². The second kappa shape index (κ2) is 5.59. The van der Waals surface area contributed by atoms with Crippen molar-refractivity contribution in [2.24, 2.45) is 0 Å². The van der Waals surface area contributed by atoms with Crippen LogP contribution in [0, 0.1) is 6.92 Å². The number of aromatic nitrogens is 2. The van der Waals surface area contributed by atoms with E-state index in [1.54, 1.807) is 37.5 Å². The molecule has 0 amide bonds. The van der Waals surface area contributed by atoms with Gasteiger partial charge in [0, 0.05) is 28.8 Å². The second-order valence-electron chi connectivity index (χ2n) is 6.69. The van der Waals surface area contributed by atoms with Crippen molar-refractivity contribution in [1.29, 1.82) is 0 Å². The normalized spacial score (nSPS) is 12.5. The van der Waals surface area contributed by atoms with Crippen molar-refractivity contribution in [3.8, 4) is 0 Å². The molecule has 0 fully saturated rings. The molecule has 0 aliphatic carbocycles. The van der Waals surface area contributed by atoms with Gasteiger partial charge >= 0.3 is 0 Å². The van der Waals surface area contributed by atoms with Crippen molar-refractivity contribution >= 4 is 26.6 Å². The van der Waals surface area contributed by atoms with Crippen LogP contribution in [0.25, 0.3) is 10.8 Å². The van der Waals surface area contributed by atoms with E-state index in [2.05, 4.69) is 14.9 Å². The van der Waals surface area contributed by atoms with Crippen LogP contribution in [0.3, 0.4) is 0 Å². The van der Waals surface area contributed by atoms with E-state index >= 15 is 0 Å². The Labute approximate surface area is 140 Å². The summed E-state index contributed by atoms with van der Waals surface area (Å²) in [4.78, 5) is 4.18. The molecule has 7 heteroatoms. The summed E-state index contributed by atoms with van der Waals surface area (Å²) in [6.07, 6.45) is 3.17. The molecule has 0 spiro atoms. The van der Waals surface area contributed by atoms with Crippen LogP contribution in [0.1, 0.15) is 32.1 Å². The third-order valence-corrected chi connectivity index (χ3v) is 5.17. The van der Waals surface area contributed by atoms with E-state index in [0.29, 0.717) is 16.7 Å². The number of rotatable bonds is 3. The number of nitrogens with zero attached hydrogens (tertiary/aromatic N) is 2. The SMILES string of the molecule is Cc1c(NS(=O)(=O)c2cccc3ccncc23)noc1C(C)(C)C. The van der Waals surface area contributed by atoms with Crippen LogP contribution in [-0.4, -0.2) is 18.6 Å². The first-order valence-electron chi connectivity index (χ1n) is 7.52. The van der Waals surface area contributed by atoms with Gasteiger partial charge in [0.25, 0.3) is 10.0 Å². The van der Waals surface area contributed by atoms with E-state index in [9.17, 15) is 8.42 Å². The summed E-state index contributed by atoms with van der Waals surface area (Å²) in [6.45, 7) is 7.74. The number of hydrogen-bond acceptors (Lipinski definition) is 5. The molecule has 126 valence electrons. The van der Waals surface area contributed by atoms with E-state index in [4.69, 9.17) is 4.52 Å². The summed E-state index contributed by atoms with van der Waals surface area (Å²) in [5.74, 6) is 0.862. The Balaban J connectivity index is 2.05. The number of nitrogens with one attached hydrogen (secondary N) is 1. The number of hydrogen-bond donors (Lipinski definition) is 1. The Kier molecular flexibility index (Phi) is 3.83. The van der Waals surface area contributed by atoms with Crippen molar-refractivity contribution in [1.82, 2.24) is 10.1 Å². The molecule has 0 unspecified atom stereocenters. The Bertz CT molecular complexity index is 996. The number of fused-ring (bicyclic) bond motifs is 1. The van der Waals surface area contributed by atoms with Gasteiger partial charge in [-0.2, -0.15) is 0 Å². The molecular weight excluding hydrogens is 326 g/mol. The van der Waals surface area contributed by atoms with Gasteiger partial charge in [0.2, 0.25) is 0 Å². The lowest BCUT2D eigenvalue weighted by Crippen LogP contribution is -2.15. The third kappa shape index (κ3) is 2.87. The number of benzene rings is 1. The van der Waals surface area contributed by atoms with Crippen molar-refractivity contribution in [2.75, 3.05) is 4.72 Å². The summed E-state index contributed by atoms with van der Waals surface area (Å²) in [5.41, 5.74) is 0.425. The third-order valence-electron chi connectivity index (χ3n) is 3.77. The molecule has 0 atom stereocenters. The molecule has 2 aromatic heterocycles. The molecule has 0 aliphatic heterocycles. The van der Waals surface area contributed by atoms with Crippen molar-refractivity contribution in [3.63, 3.8) is 0 Å². The molecule has 6 nitrogen and oxygen atoms in total. The van der Waals surface area contributed by atoms with Crippen LogP contribution in [0.4, 0.5) is 5.82 Å². The fourth-order valence-electron chi connectivity index (χ4n) is 2.63. The van der Waals surface area contributed by atoms with E-state index < -0.39 is 10.0 Å². The van der Waals surface area contributed by atoms with Crippen molar-refractivity contribution in [3.05, 3.63) is 48.0 Å². The van der Waals surface area contributed by atoms with Crippen molar-refractivity contribution < 1.29 is 12.9 Å². The van der Waals surface area contributed by atoms with Gasteiger partial charge in [-0.1, -0.05) is 38.1 Å². The average Bonchev–Trinajstić information content (AvgIpc) is 2.87. The molecule has 0 bridgehead atoms. The van der Waals surface area contributed by atoms with Gasteiger partial charge in [0.15, 0.2) is 5.82 Å². The van der Waals surface area contributed by atoms with E-state index in [0.717, 1.165) is 5.39 Å². The molecule has 1 aromatic carbocycles. The second-order valence-corrected chi connectivity index (χ2v) is 8.34. The lowest BCUT2D eigenvalue weighted by atomic mass is 9.91. The van der Waals surface area contributed by atoms with Crippen LogP contribution >= 0.6 is 0 Å². The first-order valence-corrected chi connectivity index (χ1v) is 9.01. The summed E-state index contributed by atoms with van der Waals surface area (Å²) in [5, 5.41) is 5.26. The minimum Gasteiger partial charge on any atom is -0.358 e. The lowest BCUT2D eigenvalue weighted by molar-refractivity contribution is 0.329. The molecule has 3 aromatic rings. The molecule has 24 heavy (non-hydrogen) atoms. The summed E-state index contributed by atoms with van der Waals surface area (Å²) < 4.78 is 33.5. The van der Waals surface area contributed by atoms with Gasteiger partial charge in [-0.3, -0.25) is 9.71 Å². The topological polar surface area (TPSA) is 85.1 Å². The zero-order valence-corrected chi connectivity index (χ0v) is 14.8. The highest BCUT2D eigenvalue weighted by Crippen LogP contribution is 2.31. The number of pyridine rings is 1. The first kappa shape index (κ1) is 16.4. The van der Waals surface area contributed by atoms with Gasteiger partial charge in [0.1, 0.15) is 5.76 Å². The van der Waals surface area contributed by atoms with Crippen molar-refractivity contribution in [2.45, 2.75) is 38.0 Å². The van der Waals surface area contributed by atoms with Gasteiger partial charge in [-0.05, 0) is 24.4 Å². The molecule has 0 saturated carbocycles. The van der Waals surface area contributed by atoms with E-state index in [1.165, 1.54) is 0 Å². The van der Waals surface area contributed by atoms with Gasteiger partial charge in [-0.25, -0.2) is 8.42 Å². The van der Waals surface area contributed by atoms with Crippen LogP contribution in [0.5, 0.6) is 0 Å². The minimum atomic E-state index is -3.81. The van der Waals surface area contributed by atoms with Crippen LogP contribution < -0.4 is 4.72 Å². The molecule has 0 radical (unpaired) electrons. The largest absolute Gasteiger partial charge is 0.358 e. The molecule has 0 aliphatic rings. The minimum absolute atomic E-state index is 0.160. The molecule has 0 saturated heterocycles. The highest BCUT2D eigenvalue weighted by Gasteiger charge is 2.27. The quantitative estimate of drug-likeness (QED) is 0.783. The highest BCUT2D eigenvalue weighted by molar-refractivity contribution is 7.93. The molecular formula is C17H19N3O3S. The highest BCUT2D eigenvalue weighted by atomic mass is 32.2. The Hall–Kier alpha value is -2.41. The van der Waals surface area contributed by atoms with Crippen LogP contribution in [0.2, 0.25) is 0 Å². The van der Waals surface area contributed by atoms with Gasteiger partial charge in [-0.15, -0.1) is 0 Å². The van der Waals surface area contributed by atoms with E-state index in [1.807, 2.05) is 26.8 Å². The Morgan fingerprint density at radius 2 is 1.92 bits per heavy atom. The molecule has 2 heterocycles. The zero-order valence-electron chi connectivity index (χ0n) is 14.0. The van der Waals surface area contributed by atoms with Gasteiger partial charge < -0.3 is 4.52 Å². The molecule has 3 rings (SSSR count). The maximum Gasteiger partial charge on any atom is 0.263 e. The zero-order chi connectivity index (χ0) is 17.5. The van der Waals surface area contributed by atoms with Crippen LogP contribution in [-0.2, 0) is 15.4 Å². The fourth-order valence-corrected chi connectivity index (χ4v) is 3.90. The monoisotopic (exact) mass is 345 g/mol. The maximum absolute atomic E-state index is 12.8. The summed E-state index contributed by atoms with van der Waals surface area (Å²) in [6, 6.07) is 6.86. The standard InChI is InChI=1S/C17H19N3O3S/c1-11-15(17(2,3)4)23-19-16(11)20-24(21,22)14-7-5-6-12-8-9-18-10-13(12)14/h5-10H,1-4H3,(H,19,20). The number of anilines is 1. The smallest absolute Gasteiger partial charge is 0.263 e. The fraction of sp³-hybridized carbons (Fsp3) is 0.294. The predicted molar refractivity (Wildman–Crippen MR) is 92.5 cm³/mol. The lowest BCUT2D eigenvalue weighted by Gasteiger charge is -2.14. The average molecular weight is 345 g/mol. The maximum atomic E-state index is 12.8. The number of sulfonamides is 1. The summed E-state index contributed by atoms with van der Waals surface area (Å²) >= 11 is 0. The summed E-state index contributed by atoms with van der Waals surface area (Å²) in [7, 11) is -3.81.